The number of thiophene rings is 1. The molecule has 1 aromatic heterocycles. The molecule has 0 unspecified atom stereocenters. The molecule has 1 N–H and O–H groups in total. The predicted octanol–water partition coefficient (Wildman–Crippen LogP) is 4.46. The molecule has 0 saturated carbocycles. The molecule has 2 rings (SSSR count). The highest BCUT2D eigenvalue weighted by Gasteiger charge is 2.09. The minimum absolute atomic E-state index is 0.0330. The number of benzene rings is 1. The van der Waals surface area contributed by atoms with E-state index in [-0.39, 0.29) is 5.91 Å². The summed E-state index contributed by atoms with van der Waals surface area (Å²) in [7, 11) is 0. The fourth-order valence-corrected chi connectivity index (χ4v) is 3.57. The summed E-state index contributed by atoms with van der Waals surface area (Å²) in [5, 5.41) is 5.99. The predicted molar refractivity (Wildman–Crippen MR) is 83.4 cm³/mol. The Bertz CT molecular complexity index is 538. The molecule has 0 fully saturated rings. The van der Waals surface area contributed by atoms with Crippen LogP contribution in [0.5, 0.6) is 0 Å². The van der Waals surface area contributed by atoms with Gasteiger partial charge < -0.3 is 5.32 Å². The molecule has 0 aliphatic heterocycles. The average molecular weight is 332 g/mol. The molecule has 19 heavy (non-hydrogen) atoms. The van der Waals surface area contributed by atoms with Gasteiger partial charge in [-0.15, -0.1) is 23.1 Å². The van der Waals surface area contributed by atoms with Crippen LogP contribution in [0.4, 0.5) is 0 Å². The second-order valence-electron chi connectivity index (χ2n) is 3.70. The fraction of sp³-hybridized carbons (Fsp3) is 0.154. The summed E-state index contributed by atoms with van der Waals surface area (Å²) in [6.07, 6.45) is 0. The van der Waals surface area contributed by atoms with Gasteiger partial charge in [0.1, 0.15) is 0 Å². The quantitative estimate of drug-likeness (QED) is 0.819. The van der Waals surface area contributed by atoms with Crippen LogP contribution in [0.25, 0.3) is 0 Å². The SMILES string of the molecule is O=C(CSc1c(Cl)cccc1Cl)NCc1cccs1. The smallest absolute Gasteiger partial charge is 0.230 e. The molecule has 0 aliphatic carbocycles. The number of hydrogen-bond donors (Lipinski definition) is 1. The van der Waals surface area contributed by atoms with Crippen molar-refractivity contribution in [3.8, 4) is 0 Å². The summed E-state index contributed by atoms with van der Waals surface area (Å²) in [6.45, 7) is 0.563. The number of rotatable bonds is 5. The Kier molecular flexibility index (Phi) is 5.58. The maximum absolute atomic E-state index is 11.7. The van der Waals surface area contributed by atoms with Gasteiger partial charge in [-0.3, -0.25) is 4.79 Å². The summed E-state index contributed by atoms with van der Waals surface area (Å²) in [5.74, 6) is 0.267. The second-order valence-corrected chi connectivity index (χ2v) is 6.53. The van der Waals surface area contributed by atoms with Crippen molar-refractivity contribution in [2.24, 2.45) is 0 Å². The molecular formula is C13H11Cl2NOS2. The Morgan fingerprint density at radius 1 is 1.21 bits per heavy atom. The highest BCUT2D eigenvalue weighted by atomic mass is 35.5. The third kappa shape index (κ3) is 4.42. The normalized spacial score (nSPS) is 10.4. The molecular weight excluding hydrogens is 321 g/mol. The lowest BCUT2D eigenvalue weighted by Crippen LogP contribution is -2.24. The van der Waals surface area contributed by atoms with Gasteiger partial charge in [-0.1, -0.05) is 35.3 Å². The molecule has 1 heterocycles. The van der Waals surface area contributed by atoms with Crippen LogP contribution in [0.15, 0.2) is 40.6 Å². The number of halogens is 2. The van der Waals surface area contributed by atoms with Crippen molar-refractivity contribution in [2.75, 3.05) is 5.75 Å². The summed E-state index contributed by atoms with van der Waals surface area (Å²) in [5.41, 5.74) is 0. The first-order chi connectivity index (χ1) is 9.16. The zero-order valence-corrected chi connectivity index (χ0v) is 13.0. The summed E-state index contributed by atoms with van der Waals surface area (Å²) in [4.78, 5) is 13.6. The minimum atomic E-state index is -0.0330. The highest BCUT2D eigenvalue weighted by molar-refractivity contribution is 8.00. The van der Waals surface area contributed by atoms with Crippen molar-refractivity contribution in [2.45, 2.75) is 11.4 Å². The topological polar surface area (TPSA) is 29.1 Å². The lowest BCUT2D eigenvalue weighted by Gasteiger charge is -2.06. The first-order valence-electron chi connectivity index (χ1n) is 5.52. The third-order valence-corrected chi connectivity index (χ3v) is 5.17. The van der Waals surface area contributed by atoms with Gasteiger partial charge in [-0.25, -0.2) is 0 Å². The molecule has 1 amide bonds. The number of carbonyl (C=O) groups is 1. The lowest BCUT2D eigenvalue weighted by molar-refractivity contribution is -0.118. The van der Waals surface area contributed by atoms with Gasteiger partial charge in [0, 0.05) is 9.77 Å². The van der Waals surface area contributed by atoms with Gasteiger partial charge in [0.25, 0.3) is 0 Å². The van der Waals surface area contributed by atoms with E-state index in [1.807, 2.05) is 17.5 Å². The lowest BCUT2D eigenvalue weighted by atomic mass is 10.4. The largest absolute Gasteiger partial charge is 0.350 e. The maximum atomic E-state index is 11.7. The molecule has 1 aromatic carbocycles. The standard InChI is InChI=1S/C13H11Cl2NOS2/c14-10-4-1-5-11(15)13(10)19-8-12(17)16-7-9-3-2-6-18-9/h1-6H,7-8H2,(H,16,17). The van der Waals surface area contributed by atoms with Crippen molar-refractivity contribution in [3.05, 3.63) is 50.6 Å². The summed E-state index contributed by atoms with van der Waals surface area (Å²) >= 11 is 15.0. The van der Waals surface area contributed by atoms with Crippen LogP contribution >= 0.6 is 46.3 Å². The molecule has 0 aliphatic rings. The Morgan fingerprint density at radius 2 is 1.95 bits per heavy atom. The molecule has 2 aromatic rings. The molecule has 6 heteroatoms. The first-order valence-corrected chi connectivity index (χ1v) is 8.15. The molecule has 0 saturated heterocycles. The van der Waals surface area contributed by atoms with Crippen LogP contribution in [0.2, 0.25) is 10.0 Å². The average Bonchev–Trinajstić information content (AvgIpc) is 2.89. The minimum Gasteiger partial charge on any atom is -0.350 e. The van der Waals surface area contributed by atoms with E-state index in [1.165, 1.54) is 11.8 Å². The number of thioether (sulfide) groups is 1. The van der Waals surface area contributed by atoms with Crippen molar-refractivity contribution in [1.29, 1.82) is 0 Å². The molecule has 0 radical (unpaired) electrons. The zero-order valence-electron chi connectivity index (χ0n) is 9.86. The van der Waals surface area contributed by atoms with Crippen LogP contribution < -0.4 is 5.32 Å². The van der Waals surface area contributed by atoms with Crippen molar-refractivity contribution in [3.63, 3.8) is 0 Å². The van der Waals surface area contributed by atoms with E-state index in [9.17, 15) is 4.79 Å². The van der Waals surface area contributed by atoms with Gasteiger partial charge >= 0.3 is 0 Å². The van der Waals surface area contributed by atoms with E-state index in [2.05, 4.69) is 5.32 Å². The maximum Gasteiger partial charge on any atom is 0.230 e. The third-order valence-electron chi connectivity index (χ3n) is 2.31. The molecule has 2 nitrogen and oxygen atoms in total. The second kappa shape index (κ2) is 7.20. The Hall–Kier alpha value is -0.680. The van der Waals surface area contributed by atoms with Gasteiger partial charge in [0.05, 0.1) is 22.3 Å². The van der Waals surface area contributed by atoms with E-state index >= 15 is 0 Å². The summed E-state index contributed by atoms with van der Waals surface area (Å²) < 4.78 is 0. The highest BCUT2D eigenvalue weighted by Crippen LogP contribution is 2.33. The van der Waals surface area contributed by atoms with Crippen LogP contribution in [0.1, 0.15) is 4.88 Å². The van der Waals surface area contributed by atoms with Crippen LogP contribution in [-0.2, 0) is 11.3 Å². The van der Waals surface area contributed by atoms with Crippen molar-refractivity contribution < 1.29 is 4.79 Å². The van der Waals surface area contributed by atoms with E-state index in [0.717, 1.165) is 9.77 Å². The van der Waals surface area contributed by atoms with Gasteiger partial charge in [-0.2, -0.15) is 0 Å². The Labute approximate surface area is 130 Å². The van der Waals surface area contributed by atoms with Gasteiger partial charge in [0.15, 0.2) is 0 Å². The van der Waals surface area contributed by atoms with Crippen LogP contribution in [-0.4, -0.2) is 11.7 Å². The fourth-order valence-electron chi connectivity index (χ4n) is 1.41. The van der Waals surface area contributed by atoms with E-state index < -0.39 is 0 Å². The van der Waals surface area contributed by atoms with E-state index in [1.54, 1.807) is 29.5 Å². The molecule has 0 bridgehead atoms. The van der Waals surface area contributed by atoms with E-state index in [4.69, 9.17) is 23.2 Å². The number of nitrogens with one attached hydrogen (secondary N) is 1. The molecule has 0 atom stereocenters. The monoisotopic (exact) mass is 331 g/mol. The summed E-state index contributed by atoms with van der Waals surface area (Å²) in [6, 6.07) is 9.26. The van der Waals surface area contributed by atoms with Crippen molar-refractivity contribution in [1.82, 2.24) is 5.32 Å². The van der Waals surface area contributed by atoms with E-state index in [0.29, 0.717) is 22.3 Å². The number of hydrogen-bond acceptors (Lipinski definition) is 3. The van der Waals surface area contributed by atoms with Crippen molar-refractivity contribution >= 4 is 52.2 Å². The Morgan fingerprint density at radius 3 is 2.58 bits per heavy atom. The zero-order chi connectivity index (χ0) is 13.7. The molecule has 0 spiro atoms. The Balaban J connectivity index is 1.83. The van der Waals surface area contributed by atoms with Crippen LogP contribution in [0.3, 0.4) is 0 Å². The first kappa shape index (κ1) is 14.7. The van der Waals surface area contributed by atoms with Gasteiger partial charge in [-0.05, 0) is 23.6 Å². The molecule has 100 valence electrons. The number of amides is 1. The van der Waals surface area contributed by atoms with Gasteiger partial charge in [0.2, 0.25) is 5.91 Å². The van der Waals surface area contributed by atoms with Crippen LogP contribution in [0, 0.1) is 0 Å². The number of carbonyl (C=O) groups excluding carboxylic acids is 1.